The second-order valence-corrected chi connectivity index (χ2v) is 10.8. The van der Waals surface area contributed by atoms with Crippen LogP contribution in [0.4, 0.5) is 10.1 Å². The number of anilines is 1. The number of halogens is 1. The van der Waals surface area contributed by atoms with Crippen molar-refractivity contribution in [3.8, 4) is 0 Å². The zero-order valence-corrected chi connectivity index (χ0v) is 19.6. The second kappa shape index (κ2) is 9.19. The summed E-state index contributed by atoms with van der Waals surface area (Å²) in [6.45, 7) is 8.28. The molecule has 0 radical (unpaired) electrons. The zero-order valence-electron chi connectivity index (χ0n) is 18.8. The largest absolute Gasteiger partial charge is 0.381 e. The van der Waals surface area contributed by atoms with Crippen LogP contribution in [0.15, 0.2) is 47.5 Å². The number of sulfonamides is 1. The highest BCUT2D eigenvalue weighted by atomic mass is 32.2. The lowest BCUT2D eigenvalue weighted by molar-refractivity contribution is 0.0605. The van der Waals surface area contributed by atoms with Crippen molar-refractivity contribution in [1.29, 1.82) is 0 Å². The topological polar surface area (TPSA) is 64.4 Å². The zero-order chi connectivity index (χ0) is 22.9. The molecule has 2 heterocycles. The van der Waals surface area contributed by atoms with E-state index in [0.29, 0.717) is 17.2 Å². The number of aromatic nitrogens is 2. The molecule has 0 unspecified atom stereocenters. The third-order valence-electron chi connectivity index (χ3n) is 5.94. The van der Waals surface area contributed by atoms with Gasteiger partial charge < -0.3 is 4.74 Å². The van der Waals surface area contributed by atoms with E-state index >= 15 is 0 Å². The fourth-order valence-corrected chi connectivity index (χ4v) is 5.90. The van der Waals surface area contributed by atoms with Crippen molar-refractivity contribution in [2.75, 3.05) is 24.1 Å². The molecular formula is C24H30FN3O3S. The summed E-state index contributed by atoms with van der Waals surface area (Å²) < 4.78 is 50.0. The number of fused-ring (bicyclic) bond motifs is 1. The third kappa shape index (κ3) is 4.66. The SMILES string of the molecule is Cc1ccc(F)cc1N(CC(C)C)S(=O)(=O)c1ccc2c(cnn2CC2CCOCC2)c1. The fourth-order valence-electron chi connectivity index (χ4n) is 4.18. The molecule has 1 saturated heterocycles. The fraction of sp³-hybridized carbons (Fsp3) is 0.458. The van der Waals surface area contributed by atoms with Crippen molar-refractivity contribution < 1.29 is 17.5 Å². The standard InChI is InChI=1S/C24H30FN3O3S/c1-17(2)15-28(24-13-21(25)5-4-18(24)3)32(29,30)22-6-7-23-20(12-22)14-26-27(23)16-19-8-10-31-11-9-19/h4-7,12-14,17,19H,8-11,15-16H2,1-3H3. The van der Waals surface area contributed by atoms with Crippen LogP contribution < -0.4 is 4.31 Å². The van der Waals surface area contributed by atoms with E-state index in [2.05, 4.69) is 5.10 Å². The van der Waals surface area contributed by atoms with Gasteiger partial charge in [0.25, 0.3) is 10.0 Å². The second-order valence-electron chi connectivity index (χ2n) is 8.96. The Morgan fingerprint density at radius 1 is 1.19 bits per heavy atom. The third-order valence-corrected chi connectivity index (χ3v) is 7.72. The molecule has 32 heavy (non-hydrogen) atoms. The maximum atomic E-state index is 14.0. The Morgan fingerprint density at radius 2 is 1.94 bits per heavy atom. The van der Waals surface area contributed by atoms with Crippen LogP contribution >= 0.6 is 0 Å². The Hall–Kier alpha value is -2.45. The van der Waals surface area contributed by atoms with E-state index < -0.39 is 15.8 Å². The normalized spacial score (nSPS) is 15.5. The van der Waals surface area contributed by atoms with E-state index in [1.54, 1.807) is 31.3 Å². The van der Waals surface area contributed by atoms with Crippen LogP contribution in [0.25, 0.3) is 10.9 Å². The number of nitrogens with zero attached hydrogens (tertiary/aromatic N) is 3. The minimum absolute atomic E-state index is 0.0680. The monoisotopic (exact) mass is 459 g/mol. The summed E-state index contributed by atoms with van der Waals surface area (Å²) in [5.41, 5.74) is 1.99. The molecule has 4 rings (SSSR count). The number of rotatable bonds is 7. The highest BCUT2D eigenvalue weighted by molar-refractivity contribution is 7.92. The van der Waals surface area contributed by atoms with Crippen LogP contribution in [0.3, 0.4) is 0 Å². The molecule has 6 nitrogen and oxygen atoms in total. The average molecular weight is 460 g/mol. The Kier molecular flexibility index (Phi) is 6.53. The maximum Gasteiger partial charge on any atom is 0.264 e. The summed E-state index contributed by atoms with van der Waals surface area (Å²) in [5.74, 6) is 0.116. The van der Waals surface area contributed by atoms with Crippen molar-refractivity contribution in [1.82, 2.24) is 9.78 Å². The van der Waals surface area contributed by atoms with Gasteiger partial charge in [-0.25, -0.2) is 12.8 Å². The van der Waals surface area contributed by atoms with Crippen LogP contribution in [0.1, 0.15) is 32.3 Å². The average Bonchev–Trinajstić information content (AvgIpc) is 3.16. The van der Waals surface area contributed by atoms with Gasteiger partial charge in [0.05, 0.1) is 22.3 Å². The molecule has 0 N–H and O–H groups in total. The van der Waals surface area contributed by atoms with E-state index in [0.717, 1.165) is 43.5 Å². The first-order valence-corrected chi connectivity index (χ1v) is 12.5. The number of benzene rings is 2. The van der Waals surface area contributed by atoms with Gasteiger partial charge in [-0.2, -0.15) is 5.10 Å². The molecule has 8 heteroatoms. The molecule has 1 aliphatic heterocycles. The van der Waals surface area contributed by atoms with Crippen LogP contribution in [0.2, 0.25) is 0 Å². The molecule has 172 valence electrons. The Morgan fingerprint density at radius 3 is 2.66 bits per heavy atom. The lowest BCUT2D eigenvalue weighted by Crippen LogP contribution is -2.35. The van der Waals surface area contributed by atoms with Gasteiger partial charge in [-0.1, -0.05) is 19.9 Å². The summed E-state index contributed by atoms with van der Waals surface area (Å²) in [7, 11) is -3.88. The molecule has 0 atom stereocenters. The summed E-state index contributed by atoms with van der Waals surface area (Å²) in [6, 6.07) is 9.36. The Bertz CT molecular complexity index is 1200. The van der Waals surface area contributed by atoms with Crippen LogP contribution in [-0.2, 0) is 21.3 Å². The lowest BCUT2D eigenvalue weighted by atomic mass is 10.0. The van der Waals surface area contributed by atoms with Crippen molar-refractivity contribution in [2.24, 2.45) is 11.8 Å². The maximum absolute atomic E-state index is 14.0. The molecule has 2 aromatic carbocycles. The predicted octanol–water partition coefficient (Wildman–Crippen LogP) is 4.76. The highest BCUT2D eigenvalue weighted by Crippen LogP contribution is 2.30. The van der Waals surface area contributed by atoms with E-state index in [9.17, 15) is 12.8 Å². The molecule has 1 fully saturated rings. The van der Waals surface area contributed by atoms with Gasteiger partial charge in [0.1, 0.15) is 5.82 Å². The Balaban J connectivity index is 1.69. The van der Waals surface area contributed by atoms with Gasteiger partial charge >= 0.3 is 0 Å². The predicted molar refractivity (Wildman–Crippen MR) is 124 cm³/mol. The first kappa shape index (κ1) is 22.7. The molecule has 0 bridgehead atoms. The quantitative estimate of drug-likeness (QED) is 0.511. The van der Waals surface area contributed by atoms with E-state index in [4.69, 9.17) is 4.74 Å². The van der Waals surface area contributed by atoms with Gasteiger partial charge in [-0.15, -0.1) is 0 Å². The van der Waals surface area contributed by atoms with Crippen molar-refractivity contribution in [2.45, 2.75) is 45.1 Å². The van der Waals surface area contributed by atoms with Gasteiger partial charge in [0.2, 0.25) is 0 Å². The summed E-state index contributed by atoms with van der Waals surface area (Å²) >= 11 is 0. The number of hydrogen-bond donors (Lipinski definition) is 0. The molecule has 3 aromatic rings. The van der Waals surface area contributed by atoms with E-state index in [-0.39, 0.29) is 17.4 Å². The molecule has 0 saturated carbocycles. The number of ether oxygens (including phenoxy) is 1. The van der Waals surface area contributed by atoms with E-state index in [1.807, 2.05) is 24.6 Å². The minimum Gasteiger partial charge on any atom is -0.381 e. The van der Waals surface area contributed by atoms with Gasteiger partial charge in [-0.3, -0.25) is 8.99 Å². The first-order valence-electron chi connectivity index (χ1n) is 11.1. The summed E-state index contributed by atoms with van der Waals surface area (Å²) in [5, 5.41) is 5.28. The van der Waals surface area contributed by atoms with Crippen molar-refractivity contribution in [3.05, 3.63) is 54.0 Å². The molecule has 1 aliphatic rings. The van der Waals surface area contributed by atoms with Gasteiger partial charge in [0, 0.05) is 31.7 Å². The minimum atomic E-state index is -3.88. The van der Waals surface area contributed by atoms with Gasteiger partial charge in [-0.05, 0) is 67.5 Å². The van der Waals surface area contributed by atoms with Crippen LogP contribution in [0.5, 0.6) is 0 Å². The molecular weight excluding hydrogens is 429 g/mol. The van der Waals surface area contributed by atoms with Gasteiger partial charge in [0.15, 0.2) is 0 Å². The molecule has 0 aliphatic carbocycles. The molecule has 0 amide bonds. The smallest absolute Gasteiger partial charge is 0.264 e. The highest BCUT2D eigenvalue weighted by Gasteiger charge is 2.28. The first-order chi connectivity index (χ1) is 15.3. The van der Waals surface area contributed by atoms with Crippen molar-refractivity contribution >= 4 is 26.6 Å². The lowest BCUT2D eigenvalue weighted by Gasteiger charge is -2.27. The molecule has 0 spiro atoms. The summed E-state index contributed by atoms with van der Waals surface area (Å²) in [6.07, 6.45) is 3.73. The number of hydrogen-bond acceptors (Lipinski definition) is 4. The number of aryl methyl sites for hydroxylation is 1. The molecule has 1 aromatic heterocycles. The summed E-state index contributed by atoms with van der Waals surface area (Å²) in [4.78, 5) is 0.180. The Labute approximate surface area is 189 Å². The van der Waals surface area contributed by atoms with Crippen LogP contribution in [0, 0.1) is 24.6 Å². The van der Waals surface area contributed by atoms with E-state index in [1.165, 1.54) is 16.4 Å². The van der Waals surface area contributed by atoms with Crippen LogP contribution in [-0.4, -0.2) is 38.0 Å². The van der Waals surface area contributed by atoms with Crippen molar-refractivity contribution in [3.63, 3.8) is 0 Å².